The first-order chi connectivity index (χ1) is 17.4. The molecule has 3 N–H and O–H groups in total. The van der Waals surface area contributed by atoms with Crippen molar-refractivity contribution in [3.63, 3.8) is 0 Å². The van der Waals surface area contributed by atoms with Crippen molar-refractivity contribution >= 4 is 23.5 Å². The van der Waals surface area contributed by atoms with E-state index in [0.717, 1.165) is 36.9 Å². The van der Waals surface area contributed by atoms with Crippen molar-refractivity contribution in [2.75, 3.05) is 26.8 Å². The van der Waals surface area contributed by atoms with Crippen LogP contribution in [0.25, 0.3) is 10.4 Å². The van der Waals surface area contributed by atoms with E-state index in [9.17, 15) is 9.59 Å². The number of ether oxygens (including phenoxy) is 1. The Morgan fingerprint density at radius 2 is 2.08 bits per heavy atom. The molecule has 3 unspecified atom stereocenters. The van der Waals surface area contributed by atoms with E-state index < -0.39 is 6.04 Å². The van der Waals surface area contributed by atoms with Gasteiger partial charge in [0, 0.05) is 12.5 Å². The van der Waals surface area contributed by atoms with Crippen LogP contribution in [0.3, 0.4) is 0 Å². The van der Waals surface area contributed by atoms with E-state index in [1.54, 1.807) is 11.3 Å². The summed E-state index contributed by atoms with van der Waals surface area (Å²) in [6.45, 7) is 6.05. The minimum Gasteiger partial charge on any atom is -0.369 e. The summed E-state index contributed by atoms with van der Waals surface area (Å²) >= 11 is 1.66. The molecular weight excluding hydrogens is 472 g/mol. The average molecular weight is 511 g/mol. The lowest BCUT2D eigenvalue weighted by atomic mass is 10.0. The first kappa shape index (κ1) is 28.0. The molecule has 1 aromatic carbocycles. The normalized spacial score (nSPS) is 18.8. The maximum atomic E-state index is 12.4. The highest BCUT2D eigenvalue weighted by molar-refractivity contribution is 7.13. The van der Waals surface area contributed by atoms with Crippen molar-refractivity contribution in [2.24, 2.45) is 11.7 Å². The van der Waals surface area contributed by atoms with Gasteiger partial charge in [-0.1, -0.05) is 36.1 Å². The van der Waals surface area contributed by atoms with Crippen LogP contribution in [0.2, 0.25) is 0 Å². The van der Waals surface area contributed by atoms with Gasteiger partial charge in [-0.15, -0.1) is 11.3 Å². The van der Waals surface area contributed by atoms with E-state index in [-0.39, 0.29) is 18.0 Å². The number of nitrogens with two attached hydrogens (primary N) is 1. The molecule has 2 aliphatic rings. The van der Waals surface area contributed by atoms with Crippen LogP contribution < -0.4 is 11.1 Å². The van der Waals surface area contributed by atoms with Gasteiger partial charge in [0.25, 0.3) is 0 Å². The molecule has 7 nitrogen and oxygen atoms in total. The highest BCUT2D eigenvalue weighted by atomic mass is 32.1. The molecule has 3 atom stereocenters. The Kier molecular flexibility index (Phi) is 11.1. The van der Waals surface area contributed by atoms with Crippen molar-refractivity contribution in [3.05, 3.63) is 41.0 Å². The third-order valence-electron chi connectivity index (χ3n) is 6.43. The number of rotatable bonds is 9. The van der Waals surface area contributed by atoms with E-state index in [0.29, 0.717) is 25.6 Å². The van der Waals surface area contributed by atoms with Gasteiger partial charge in [0.05, 0.1) is 34.2 Å². The monoisotopic (exact) mass is 510 g/mol. The van der Waals surface area contributed by atoms with Gasteiger partial charge in [-0.3, -0.25) is 9.69 Å². The third-order valence-corrected chi connectivity index (χ3v) is 7.41. The number of likely N-dealkylation sites (tertiary alicyclic amines) is 1. The minimum atomic E-state index is -0.392. The lowest BCUT2D eigenvalue weighted by Crippen LogP contribution is -2.42. The number of aromatic nitrogens is 1. The zero-order valence-corrected chi connectivity index (χ0v) is 22.4. The van der Waals surface area contributed by atoms with Crippen molar-refractivity contribution in [2.45, 2.75) is 64.1 Å². The number of aryl methyl sites for hydroxylation is 1. The molecule has 1 saturated carbocycles. The standard InChI is InChI=1S/C18H23N3OS.C10H15NO2/c1-12(20-18(22)16-5-4-10-21(16)3)14-6-8-15(9-7-14)17-13(2)19-11-23-17;11-10(8-12)5-7-13-6-1-2-9-3-4-9/h6-9,11-12,16H,4-5,10H2,1-3H3,(H,20,22);8-10H,3-7,11H2. The predicted octanol–water partition coefficient (Wildman–Crippen LogP) is 3.72. The minimum absolute atomic E-state index is 0.0214. The van der Waals surface area contributed by atoms with Crippen molar-refractivity contribution in [3.8, 4) is 22.3 Å². The number of carbonyl (C=O) groups is 2. The summed E-state index contributed by atoms with van der Waals surface area (Å²) in [5.74, 6) is 6.79. The summed E-state index contributed by atoms with van der Waals surface area (Å²) in [7, 11) is 2.02. The first-order valence-corrected chi connectivity index (χ1v) is 13.5. The number of nitrogens with zero attached hydrogens (tertiary/aromatic N) is 2. The number of aldehydes is 1. The summed E-state index contributed by atoms with van der Waals surface area (Å²) < 4.78 is 5.17. The van der Waals surface area contributed by atoms with Gasteiger partial charge < -0.3 is 20.6 Å². The molecule has 0 bridgehead atoms. The zero-order valence-electron chi connectivity index (χ0n) is 21.5. The highest BCUT2D eigenvalue weighted by Gasteiger charge is 2.28. The second-order valence-corrected chi connectivity index (χ2v) is 10.3. The van der Waals surface area contributed by atoms with Crippen LogP contribution in [0.15, 0.2) is 29.8 Å². The lowest BCUT2D eigenvalue weighted by molar-refractivity contribution is -0.125. The molecule has 1 aliphatic heterocycles. The molecule has 2 heterocycles. The van der Waals surface area contributed by atoms with E-state index >= 15 is 0 Å². The topological polar surface area (TPSA) is 97.5 Å². The van der Waals surface area contributed by atoms with Crippen LogP contribution in [-0.2, 0) is 14.3 Å². The molecule has 0 spiro atoms. The number of amides is 1. The average Bonchev–Trinajstić information content (AvgIpc) is 3.44. The van der Waals surface area contributed by atoms with Gasteiger partial charge >= 0.3 is 0 Å². The summed E-state index contributed by atoms with van der Waals surface area (Å²) in [5, 5.41) is 3.14. The Morgan fingerprint density at radius 1 is 1.33 bits per heavy atom. The number of benzene rings is 1. The molecule has 1 aromatic heterocycles. The van der Waals surface area contributed by atoms with Gasteiger partial charge in [-0.05, 0) is 70.7 Å². The fraction of sp³-hybridized carbons (Fsp3) is 0.536. The van der Waals surface area contributed by atoms with E-state index in [1.807, 2.05) is 26.4 Å². The van der Waals surface area contributed by atoms with Crippen LogP contribution in [-0.4, -0.2) is 61.0 Å². The largest absolute Gasteiger partial charge is 0.369 e. The Hall–Kier alpha value is -2.57. The number of thiazole rings is 1. The number of nitrogens with one attached hydrogen (secondary N) is 1. The summed E-state index contributed by atoms with van der Waals surface area (Å²) in [6.07, 6.45) is 5.85. The van der Waals surface area contributed by atoms with Crippen LogP contribution >= 0.6 is 11.3 Å². The lowest BCUT2D eigenvalue weighted by Gasteiger charge is -2.22. The van der Waals surface area contributed by atoms with Crippen LogP contribution in [0.5, 0.6) is 0 Å². The maximum absolute atomic E-state index is 12.4. The molecule has 194 valence electrons. The predicted molar refractivity (Wildman–Crippen MR) is 144 cm³/mol. The smallest absolute Gasteiger partial charge is 0.237 e. The summed E-state index contributed by atoms with van der Waals surface area (Å²) in [5.41, 5.74) is 10.6. The number of likely N-dealkylation sites (N-methyl/N-ethyl adjacent to an activating group) is 1. The quantitative estimate of drug-likeness (QED) is 0.303. The number of hydrogen-bond acceptors (Lipinski definition) is 7. The zero-order chi connectivity index (χ0) is 25.9. The van der Waals surface area contributed by atoms with Crippen LogP contribution in [0.4, 0.5) is 0 Å². The Bertz CT molecular complexity index is 1040. The summed E-state index contributed by atoms with van der Waals surface area (Å²) in [4.78, 5) is 30.1. The Labute approximate surface area is 218 Å². The van der Waals surface area contributed by atoms with Crippen LogP contribution in [0.1, 0.15) is 56.3 Å². The molecule has 1 aliphatic carbocycles. The maximum Gasteiger partial charge on any atom is 0.237 e. The molecule has 2 fully saturated rings. The van der Waals surface area contributed by atoms with Crippen molar-refractivity contribution in [1.82, 2.24) is 15.2 Å². The molecule has 1 saturated heterocycles. The molecule has 2 aromatic rings. The second kappa shape index (κ2) is 14.2. The SMILES string of the molecule is Cc1ncsc1-c1ccc(C(C)NC(=O)C2CCCN2C)cc1.NC(C=O)CCOCC#CC1CC1. The van der Waals surface area contributed by atoms with E-state index in [1.165, 1.54) is 23.3 Å². The van der Waals surface area contributed by atoms with Gasteiger partial charge in [-0.25, -0.2) is 4.98 Å². The van der Waals surface area contributed by atoms with E-state index in [4.69, 9.17) is 10.5 Å². The fourth-order valence-electron chi connectivity index (χ4n) is 3.96. The number of hydrogen-bond donors (Lipinski definition) is 2. The Morgan fingerprint density at radius 3 is 2.67 bits per heavy atom. The number of carbonyl (C=O) groups excluding carboxylic acids is 2. The van der Waals surface area contributed by atoms with Gasteiger partial charge in [0.15, 0.2) is 0 Å². The highest BCUT2D eigenvalue weighted by Crippen LogP contribution is 2.28. The molecule has 8 heteroatoms. The van der Waals surface area contributed by atoms with Crippen molar-refractivity contribution < 1.29 is 14.3 Å². The molecule has 1 amide bonds. The van der Waals surface area contributed by atoms with Gasteiger partial charge in [-0.2, -0.15) is 0 Å². The van der Waals surface area contributed by atoms with Crippen molar-refractivity contribution in [1.29, 1.82) is 0 Å². The van der Waals surface area contributed by atoms with E-state index in [2.05, 4.69) is 51.3 Å². The molecule has 36 heavy (non-hydrogen) atoms. The Balaban J connectivity index is 0.000000236. The van der Waals surface area contributed by atoms with Gasteiger partial charge in [0.2, 0.25) is 5.91 Å². The second-order valence-electron chi connectivity index (χ2n) is 9.49. The fourth-order valence-corrected chi connectivity index (χ4v) is 4.77. The molecular formula is C28H38N4O3S. The first-order valence-electron chi connectivity index (χ1n) is 12.7. The molecule has 0 radical (unpaired) electrons. The van der Waals surface area contributed by atoms with Gasteiger partial charge in [0.1, 0.15) is 12.9 Å². The third kappa shape index (κ3) is 8.82. The molecule has 4 rings (SSSR count). The summed E-state index contributed by atoms with van der Waals surface area (Å²) in [6, 6.07) is 8.07. The van der Waals surface area contributed by atoms with Crippen LogP contribution in [0, 0.1) is 24.7 Å².